The van der Waals surface area contributed by atoms with Gasteiger partial charge in [-0.2, -0.15) is 0 Å². The van der Waals surface area contributed by atoms with Crippen molar-refractivity contribution in [2.45, 2.75) is 13.0 Å². The second-order valence-corrected chi connectivity index (χ2v) is 7.48. The molecule has 0 aliphatic heterocycles. The van der Waals surface area contributed by atoms with Crippen LogP contribution in [-0.2, 0) is 16.4 Å². The van der Waals surface area contributed by atoms with Crippen LogP contribution in [0.4, 0.5) is 0 Å². The first-order valence-electron chi connectivity index (χ1n) is 5.21. The highest BCUT2D eigenvalue weighted by Crippen LogP contribution is 2.20. The van der Waals surface area contributed by atoms with Crippen LogP contribution in [0.15, 0.2) is 22.7 Å². The van der Waals surface area contributed by atoms with Gasteiger partial charge in [-0.05, 0) is 36.7 Å². The van der Waals surface area contributed by atoms with Crippen molar-refractivity contribution in [1.29, 1.82) is 0 Å². The molecule has 6 heteroatoms. The van der Waals surface area contributed by atoms with Crippen LogP contribution in [0.3, 0.4) is 0 Å². The van der Waals surface area contributed by atoms with Gasteiger partial charge < -0.3 is 5.32 Å². The lowest BCUT2D eigenvalue weighted by Gasteiger charge is -2.07. The van der Waals surface area contributed by atoms with E-state index < -0.39 is 9.84 Å². The molecule has 0 radical (unpaired) electrons. The lowest BCUT2D eigenvalue weighted by molar-refractivity contribution is 0.594. The highest BCUT2D eigenvalue weighted by molar-refractivity contribution is 9.10. The number of halogens is 2. The topological polar surface area (TPSA) is 46.2 Å². The first kappa shape index (κ1) is 15.0. The molecule has 0 saturated carbocycles. The van der Waals surface area contributed by atoms with Crippen LogP contribution < -0.4 is 5.32 Å². The molecule has 0 aromatic heterocycles. The maximum Gasteiger partial charge on any atom is 0.147 e. The molecule has 1 rings (SSSR count). The Morgan fingerprint density at radius 1 is 1.41 bits per heavy atom. The first-order valence-corrected chi connectivity index (χ1v) is 8.44. The fraction of sp³-hybridized carbons (Fsp3) is 0.455. The standard InChI is InChI=1S/C11H15BrClNO2S/c1-17(15,16)6-2-5-14-8-9-7-10(12)3-4-11(9)13/h3-4,7,14H,2,5-6,8H2,1H3. The molecule has 0 fully saturated rings. The number of rotatable bonds is 6. The monoisotopic (exact) mass is 339 g/mol. The zero-order valence-electron chi connectivity index (χ0n) is 9.54. The molecule has 0 amide bonds. The predicted octanol–water partition coefficient (Wildman–Crippen LogP) is 2.63. The smallest absolute Gasteiger partial charge is 0.147 e. The lowest BCUT2D eigenvalue weighted by atomic mass is 10.2. The van der Waals surface area contributed by atoms with Gasteiger partial charge in [-0.3, -0.25) is 0 Å². The van der Waals surface area contributed by atoms with E-state index in [1.54, 1.807) is 0 Å². The van der Waals surface area contributed by atoms with Crippen LogP contribution in [0.1, 0.15) is 12.0 Å². The van der Waals surface area contributed by atoms with Crippen molar-refractivity contribution in [3.8, 4) is 0 Å². The molecule has 0 bridgehead atoms. The third-order valence-electron chi connectivity index (χ3n) is 2.19. The van der Waals surface area contributed by atoms with Crippen molar-refractivity contribution < 1.29 is 8.42 Å². The van der Waals surface area contributed by atoms with Crippen molar-refractivity contribution in [2.24, 2.45) is 0 Å². The van der Waals surface area contributed by atoms with Crippen molar-refractivity contribution in [1.82, 2.24) is 5.32 Å². The van der Waals surface area contributed by atoms with Crippen LogP contribution in [0, 0.1) is 0 Å². The molecule has 1 aromatic carbocycles. The van der Waals surface area contributed by atoms with Gasteiger partial charge in [0.2, 0.25) is 0 Å². The van der Waals surface area contributed by atoms with Gasteiger partial charge in [-0.15, -0.1) is 0 Å². The fourth-order valence-corrected chi connectivity index (χ4v) is 2.62. The van der Waals surface area contributed by atoms with Crippen molar-refractivity contribution in [3.63, 3.8) is 0 Å². The van der Waals surface area contributed by atoms with Crippen LogP contribution >= 0.6 is 27.5 Å². The highest BCUT2D eigenvalue weighted by Gasteiger charge is 2.03. The van der Waals surface area contributed by atoms with E-state index in [1.807, 2.05) is 18.2 Å². The Labute approximate surface area is 116 Å². The molecule has 0 atom stereocenters. The molecule has 96 valence electrons. The minimum absolute atomic E-state index is 0.215. The molecule has 0 unspecified atom stereocenters. The molecule has 0 spiro atoms. The summed E-state index contributed by atoms with van der Waals surface area (Å²) in [6, 6.07) is 5.67. The molecule has 0 saturated heterocycles. The van der Waals surface area contributed by atoms with Crippen molar-refractivity contribution in [3.05, 3.63) is 33.3 Å². The molecular formula is C11H15BrClNO2S. The largest absolute Gasteiger partial charge is 0.313 e. The molecule has 0 aliphatic carbocycles. The summed E-state index contributed by atoms with van der Waals surface area (Å²) in [5.74, 6) is 0.215. The van der Waals surface area contributed by atoms with E-state index in [-0.39, 0.29) is 5.75 Å². The third-order valence-corrected chi connectivity index (χ3v) is 4.08. The molecule has 3 nitrogen and oxygen atoms in total. The Morgan fingerprint density at radius 2 is 2.12 bits per heavy atom. The van der Waals surface area contributed by atoms with Gasteiger partial charge >= 0.3 is 0 Å². The zero-order valence-corrected chi connectivity index (χ0v) is 12.7. The van der Waals surface area contributed by atoms with Gasteiger partial charge in [0.1, 0.15) is 9.84 Å². The quantitative estimate of drug-likeness (QED) is 0.810. The average Bonchev–Trinajstić information content (AvgIpc) is 2.21. The Hall–Kier alpha value is -0.100. The number of sulfone groups is 1. The summed E-state index contributed by atoms with van der Waals surface area (Å²) in [4.78, 5) is 0. The fourth-order valence-electron chi connectivity index (χ4n) is 1.36. The summed E-state index contributed by atoms with van der Waals surface area (Å²) >= 11 is 9.40. The molecular weight excluding hydrogens is 326 g/mol. The first-order chi connectivity index (χ1) is 7.88. The van der Waals surface area contributed by atoms with Crippen molar-refractivity contribution >= 4 is 37.4 Å². The second-order valence-electron chi connectivity index (χ2n) is 3.90. The predicted molar refractivity (Wildman–Crippen MR) is 75.2 cm³/mol. The third kappa shape index (κ3) is 6.41. The SMILES string of the molecule is CS(=O)(=O)CCCNCc1cc(Br)ccc1Cl. The molecule has 0 aliphatic rings. The second kappa shape index (κ2) is 6.73. The number of nitrogens with one attached hydrogen (secondary N) is 1. The van der Waals surface area contributed by atoms with E-state index in [9.17, 15) is 8.42 Å². The van der Waals surface area contributed by atoms with Crippen LogP contribution in [0.5, 0.6) is 0 Å². The maximum absolute atomic E-state index is 10.9. The Bertz CT molecular complexity index is 476. The average molecular weight is 341 g/mol. The Kier molecular flexibility index (Phi) is 5.92. The van der Waals surface area contributed by atoms with Crippen LogP contribution in [0.2, 0.25) is 5.02 Å². The summed E-state index contributed by atoms with van der Waals surface area (Å²) in [7, 11) is -2.86. The van der Waals surface area contributed by atoms with E-state index >= 15 is 0 Å². The zero-order chi connectivity index (χ0) is 12.9. The van der Waals surface area contributed by atoms with E-state index in [1.165, 1.54) is 6.26 Å². The van der Waals surface area contributed by atoms with Gasteiger partial charge in [0.05, 0.1) is 5.75 Å². The summed E-state index contributed by atoms with van der Waals surface area (Å²) in [5.41, 5.74) is 1.00. The lowest BCUT2D eigenvalue weighted by Crippen LogP contribution is -2.18. The number of hydrogen-bond donors (Lipinski definition) is 1. The minimum atomic E-state index is -2.86. The van der Waals surface area contributed by atoms with Gasteiger partial charge in [-0.25, -0.2) is 8.42 Å². The molecule has 1 aromatic rings. The van der Waals surface area contributed by atoms with E-state index in [4.69, 9.17) is 11.6 Å². The van der Waals surface area contributed by atoms with Gasteiger partial charge in [0.15, 0.2) is 0 Å². The van der Waals surface area contributed by atoms with Crippen LogP contribution in [-0.4, -0.2) is 27.0 Å². The number of benzene rings is 1. The van der Waals surface area contributed by atoms with Gasteiger partial charge in [-0.1, -0.05) is 27.5 Å². The summed E-state index contributed by atoms with van der Waals surface area (Å²) in [5, 5.41) is 3.88. The highest BCUT2D eigenvalue weighted by atomic mass is 79.9. The van der Waals surface area contributed by atoms with E-state index in [0.29, 0.717) is 24.5 Å². The van der Waals surface area contributed by atoms with Gasteiger partial charge in [0.25, 0.3) is 0 Å². The summed E-state index contributed by atoms with van der Waals surface area (Å²) < 4.78 is 22.8. The summed E-state index contributed by atoms with van der Waals surface area (Å²) in [6.07, 6.45) is 1.86. The molecule has 0 heterocycles. The van der Waals surface area contributed by atoms with E-state index in [0.717, 1.165) is 10.0 Å². The normalized spacial score (nSPS) is 11.7. The molecule has 1 N–H and O–H groups in total. The summed E-state index contributed by atoms with van der Waals surface area (Å²) in [6.45, 7) is 1.30. The van der Waals surface area contributed by atoms with E-state index in [2.05, 4.69) is 21.2 Å². The van der Waals surface area contributed by atoms with Gasteiger partial charge in [0, 0.05) is 22.3 Å². The van der Waals surface area contributed by atoms with Crippen LogP contribution in [0.25, 0.3) is 0 Å². The maximum atomic E-state index is 10.9. The van der Waals surface area contributed by atoms with Crippen molar-refractivity contribution in [2.75, 3.05) is 18.6 Å². The Balaban J connectivity index is 2.34. The Morgan fingerprint density at radius 3 is 2.76 bits per heavy atom. The molecule has 17 heavy (non-hydrogen) atoms. The number of hydrogen-bond acceptors (Lipinski definition) is 3. The minimum Gasteiger partial charge on any atom is -0.313 e.